The number of hydrogen-bond acceptors (Lipinski definition) is 3. The van der Waals surface area contributed by atoms with E-state index < -0.39 is 0 Å². The number of aryl methyl sites for hydroxylation is 1. The van der Waals surface area contributed by atoms with Crippen LogP contribution in [0.25, 0.3) is 5.65 Å². The zero-order valence-electron chi connectivity index (χ0n) is 10.1. The van der Waals surface area contributed by atoms with Gasteiger partial charge in [-0.1, -0.05) is 6.92 Å². The molecule has 0 aliphatic heterocycles. The quantitative estimate of drug-likeness (QED) is 0.788. The van der Waals surface area contributed by atoms with Crippen LogP contribution < -0.4 is 4.90 Å². The first-order valence-corrected chi connectivity index (χ1v) is 5.88. The van der Waals surface area contributed by atoms with E-state index in [0.29, 0.717) is 0 Å². The third-order valence-electron chi connectivity index (χ3n) is 2.87. The Bertz CT molecular complexity index is 471. The van der Waals surface area contributed by atoms with Crippen molar-refractivity contribution in [2.24, 2.45) is 0 Å². The fourth-order valence-corrected chi connectivity index (χ4v) is 1.87. The van der Waals surface area contributed by atoms with E-state index in [1.807, 2.05) is 22.8 Å². The monoisotopic (exact) mass is 218 g/mol. The van der Waals surface area contributed by atoms with Crippen molar-refractivity contribution in [3.8, 4) is 0 Å². The molecule has 86 valence electrons. The molecular formula is C12H18N4. The lowest BCUT2D eigenvalue weighted by molar-refractivity contribution is 0.789. The molecule has 0 saturated carbocycles. The Morgan fingerprint density at radius 1 is 1.19 bits per heavy atom. The second-order valence-corrected chi connectivity index (χ2v) is 3.74. The lowest BCUT2D eigenvalue weighted by atomic mass is 10.4. The van der Waals surface area contributed by atoms with E-state index in [1.165, 1.54) is 0 Å². The molecule has 0 N–H and O–H groups in total. The van der Waals surface area contributed by atoms with Gasteiger partial charge < -0.3 is 4.90 Å². The Balaban J connectivity index is 2.48. The second kappa shape index (κ2) is 4.51. The molecule has 0 radical (unpaired) electrons. The third kappa shape index (κ3) is 1.75. The molecule has 4 heteroatoms. The van der Waals surface area contributed by atoms with Gasteiger partial charge in [0, 0.05) is 13.1 Å². The number of imidazole rings is 1. The summed E-state index contributed by atoms with van der Waals surface area (Å²) >= 11 is 0. The predicted molar refractivity (Wildman–Crippen MR) is 65.9 cm³/mol. The van der Waals surface area contributed by atoms with Gasteiger partial charge in [-0.2, -0.15) is 0 Å². The Labute approximate surface area is 95.9 Å². The highest BCUT2D eigenvalue weighted by atomic mass is 15.3. The van der Waals surface area contributed by atoms with E-state index in [0.717, 1.165) is 36.7 Å². The van der Waals surface area contributed by atoms with Crippen LogP contribution in [-0.4, -0.2) is 27.7 Å². The van der Waals surface area contributed by atoms with Crippen LogP contribution in [0, 0.1) is 0 Å². The van der Waals surface area contributed by atoms with Crippen molar-refractivity contribution in [2.45, 2.75) is 27.2 Å². The summed E-state index contributed by atoms with van der Waals surface area (Å²) in [5, 5.41) is 4.63. The van der Waals surface area contributed by atoms with Crippen molar-refractivity contribution in [2.75, 3.05) is 18.0 Å². The average molecular weight is 218 g/mol. The number of rotatable bonds is 4. The predicted octanol–water partition coefficient (Wildman–Crippen LogP) is 2.14. The van der Waals surface area contributed by atoms with E-state index in [4.69, 9.17) is 0 Å². The van der Waals surface area contributed by atoms with Gasteiger partial charge in [0.15, 0.2) is 5.65 Å². The largest absolute Gasteiger partial charge is 0.356 e. The summed E-state index contributed by atoms with van der Waals surface area (Å²) in [5.41, 5.74) is 2.08. The minimum atomic E-state index is 0.924. The van der Waals surface area contributed by atoms with Gasteiger partial charge in [0.2, 0.25) is 0 Å². The minimum absolute atomic E-state index is 0.924. The minimum Gasteiger partial charge on any atom is -0.356 e. The number of hydrogen-bond donors (Lipinski definition) is 0. The van der Waals surface area contributed by atoms with Gasteiger partial charge in [-0.3, -0.25) is 0 Å². The maximum Gasteiger partial charge on any atom is 0.153 e. The summed E-state index contributed by atoms with van der Waals surface area (Å²) < 4.78 is 1.94. The highest BCUT2D eigenvalue weighted by Gasteiger charge is 2.07. The molecule has 2 aromatic rings. The fourth-order valence-electron chi connectivity index (χ4n) is 1.87. The normalized spacial score (nSPS) is 10.9. The van der Waals surface area contributed by atoms with Crippen LogP contribution in [0.15, 0.2) is 18.3 Å². The molecule has 0 unspecified atom stereocenters. The van der Waals surface area contributed by atoms with Crippen LogP contribution in [0.4, 0.5) is 5.82 Å². The molecule has 0 saturated heterocycles. The molecule has 2 rings (SSSR count). The average Bonchev–Trinajstić information content (AvgIpc) is 2.73. The lowest BCUT2D eigenvalue weighted by Gasteiger charge is -2.19. The zero-order valence-corrected chi connectivity index (χ0v) is 10.1. The van der Waals surface area contributed by atoms with E-state index in [1.54, 1.807) is 0 Å². The van der Waals surface area contributed by atoms with Gasteiger partial charge in [-0.05, 0) is 32.4 Å². The Morgan fingerprint density at radius 3 is 2.56 bits per heavy atom. The summed E-state index contributed by atoms with van der Waals surface area (Å²) in [5.74, 6) is 1.02. The molecule has 0 aliphatic rings. The summed E-state index contributed by atoms with van der Waals surface area (Å²) in [6.07, 6.45) is 2.85. The smallest absolute Gasteiger partial charge is 0.153 e. The topological polar surface area (TPSA) is 33.4 Å². The molecule has 0 atom stereocenters. The fraction of sp³-hybridized carbons (Fsp3) is 0.500. The molecular weight excluding hydrogens is 200 g/mol. The maximum atomic E-state index is 4.63. The van der Waals surface area contributed by atoms with Crippen LogP contribution in [-0.2, 0) is 6.42 Å². The Kier molecular flexibility index (Phi) is 3.08. The summed E-state index contributed by atoms with van der Waals surface area (Å²) in [6, 6.07) is 4.06. The lowest BCUT2D eigenvalue weighted by Crippen LogP contribution is -2.23. The van der Waals surface area contributed by atoms with Crippen molar-refractivity contribution < 1.29 is 0 Å². The summed E-state index contributed by atoms with van der Waals surface area (Å²) in [4.78, 5) is 6.56. The van der Waals surface area contributed by atoms with E-state index >= 15 is 0 Å². The van der Waals surface area contributed by atoms with Gasteiger partial charge in [0.25, 0.3) is 0 Å². The van der Waals surface area contributed by atoms with Gasteiger partial charge in [0.05, 0.1) is 11.9 Å². The summed E-state index contributed by atoms with van der Waals surface area (Å²) in [6.45, 7) is 8.36. The highest BCUT2D eigenvalue weighted by Crippen LogP contribution is 2.13. The van der Waals surface area contributed by atoms with Crippen LogP contribution in [0.3, 0.4) is 0 Å². The van der Waals surface area contributed by atoms with Crippen LogP contribution in [0.2, 0.25) is 0 Å². The summed E-state index contributed by atoms with van der Waals surface area (Å²) in [7, 11) is 0. The Morgan fingerprint density at radius 2 is 1.94 bits per heavy atom. The van der Waals surface area contributed by atoms with Crippen LogP contribution >= 0.6 is 0 Å². The maximum absolute atomic E-state index is 4.63. The molecule has 0 spiro atoms. The van der Waals surface area contributed by atoms with Crippen LogP contribution in [0.1, 0.15) is 26.5 Å². The first kappa shape index (κ1) is 10.9. The van der Waals surface area contributed by atoms with Gasteiger partial charge >= 0.3 is 0 Å². The molecule has 0 bridgehead atoms. The van der Waals surface area contributed by atoms with E-state index in [-0.39, 0.29) is 0 Å². The molecule has 16 heavy (non-hydrogen) atoms. The van der Waals surface area contributed by atoms with E-state index in [9.17, 15) is 0 Å². The van der Waals surface area contributed by atoms with Gasteiger partial charge in [-0.25, -0.2) is 9.50 Å². The standard InChI is InChI=1S/C12H18N4/c1-4-10-9-13-11-7-8-12(14-16(10)11)15(5-2)6-3/h7-9H,4-6H2,1-3H3. The Hall–Kier alpha value is -1.58. The third-order valence-corrected chi connectivity index (χ3v) is 2.87. The molecule has 0 aliphatic carbocycles. The van der Waals surface area contributed by atoms with Crippen molar-refractivity contribution in [1.29, 1.82) is 0 Å². The van der Waals surface area contributed by atoms with E-state index in [2.05, 4.69) is 35.8 Å². The first-order valence-electron chi connectivity index (χ1n) is 5.88. The first-order chi connectivity index (χ1) is 7.80. The molecule has 4 nitrogen and oxygen atoms in total. The molecule has 2 heterocycles. The SMILES string of the molecule is CCc1cnc2ccc(N(CC)CC)nn12. The van der Waals surface area contributed by atoms with Gasteiger partial charge in [0.1, 0.15) is 5.82 Å². The van der Waals surface area contributed by atoms with Crippen molar-refractivity contribution in [3.05, 3.63) is 24.0 Å². The van der Waals surface area contributed by atoms with Crippen molar-refractivity contribution >= 4 is 11.5 Å². The number of aromatic nitrogens is 3. The molecule has 2 aromatic heterocycles. The molecule has 0 amide bonds. The number of nitrogens with zero attached hydrogens (tertiary/aromatic N) is 4. The van der Waals surface area contributed by atoms with Crippen LogP contribution in [0.5, 0.6) is 0 Å². The van der Waals surface area contributed by atoms with Crippen molar-refractivity contribution in [1.82, 2.24) is 14.6 Å². The number of anilines is 1. The van der Waals surface area contributed by atoms with Gasteiger partial charge in [-0.15, -0.1) is 5.10 Å². The molecule has 0 fully saturated rings. The second-order valence-electron chi connectivity index (χ2n) is 3.74. The molecule has 0 aromatic carbocycles. The zero-order chi connectivity index (χ0) is 11.5. The highest BCUT2D eigenvalue weighted by molar-refractivity contribution is 5.46. The number of fused-ring (bicyclic) bond motifs is 1. The van der Waals surface area contributed by atoms with Crippen molar-refractivity contribution in [3.63, 3.8) is 0 Å².